The van der Waals surface area contributed by atoms with Crippen LogP contribution in [0.5, 0.6) is 5.75 Å². The third-order valence-electron chi connectivity index (χ3n) is 2.82. The quantitative estimate of drug-likeness (QED) is 0.823. The van der Waals surface area contributed by atoms with Gasteiger partial charge in [0.25, 0.3) is 0 Å². The van der Waals surface area contributed by atoms with E-state index in [1.165, 1.54) is 5.56 Å². The predicted molar refractivity (Wildman–Crippen MR) is 82.5 cm³/mol. The van der Waals surface area contributed by atoms with Crippen LogP contribution in [0.2, 0.25) is 0 Å². The summed E-state index contributed by atoms with van der Waals surface area (Å²) in [6.07, 6.45) is 3.28. The first-order valence-corrected chi connectivity index (χ1v) is 8.59. The van der Waals surface area contributed by atoms with Crippen LogP contribution in [0.1, 0.15) is 25.3 Å². The van der Waals surface area contributed by atoms with Crippen LogP contribution in [0, 0.1) is 0 Å². The molecule has 4 nitrogen and oxygen atoms in total. The molecule has 1 unspecified atom stereocenters. The number of rotatable bonds is 5. The number of anilines is 1. The van der Waals surface area contributed by atoms with E-state index < -0.39 is 7.52 Å². The van der Waals surface area contributed by atoms with E-state index in [-0.39, 0.29) is 0 Å². The van der Waals surface area contributed by atoms with Crippen LogP contribution < -0.4 is 9.61 Å². The molecule has 0 aliphatic heterocycles. The molecule has 106 valence electrons. The van der Waals surface area contributed by atoms with Gasteiger partial charge in [-0.15, -0.1) is 0 Å². The lowest BCUT2D eigenvalue weighted by Crippen LogP contribution is -2.02. The molecule has 2 aromatic rings. The highest BCUT2D eigenvalue weighted by atomic mass is 31.2. The minimum Gasteiger partial charge on any atom is -0.429 e. The molecule has 1 N–H and O–H groups in total. The molecule has 2 rings (SSSR count). The summed E-state index contributed by atoms with van der Waals surface area (Å²) < 4.78 is 18.0. The van der Waals surface area contributed by atoms with Gasteiger partial charge < -0.3 is 9.61 Å². The number of nitrogens with one attached hydrogen (secondary N) is 1. The predicted octanol–water partition coefficient (Wildman–Crippen LogP) is 4.52. The smallest absolute Gasteiger partial charge is 0.338 e. The molecule has 20 heavy (non-hydrogen) atoms. The summed E-state index contributed by atoms with van der Waals surface area (Å²) in [6, 6.07) is 11.2. The first-order valence-electron chi connectivity index (χ1n) is 6.52. The Morgan fingerprint density at radius 2 is 1.90 bits per heavy atom. The van der Waals surface area contributed by atoms with Gasteiger partial charge in [0.1, 0.15) is 5.75 Å². The number of nitrogens with zero attached hydrogens (tertiary/aromatic N) is 1. The van der Waals surface area contributed by atoms with Crippen molar-refractivity contribution in [1.82, 2.24) is 4.98 Å². The Hall–Kier alpha value is -1.80. The highest BCUT2D eigenvalue weighted by Gasteiger charge is 2.17. The lowest BCUT2D eigenvalue weighted by molar-refractivity contribution is 0.493. The first kappa shape index (κ1) is 14.6. The average Bonchev–Trinajstić information content (AvgIpc) is 2.39. The third-order valence-corrected chi connectivity index (χ3v) is 4.04. The normalized spacial score (nSPS) is 13.8. The number of pyridine rings is 1. The summed E-state index contributed by atoms with van der Waals surface area (Å²) in [6.45, 7) is 5.81. The fraction of sp³-hybridized carbons (Fsp3) is 0.267. The minimum absolute atomic E-state index is 0.464. The van der Waals surface area contributed by atoms with Crippen molar-refractivity contribution in [1.29, 1.82) is 0 Å². The molecule has 0 fully saturated rings. The zero-order valence-electron chi connectivity index (χ0n) is 11.9. The van der Waals surface area contributed by atoms with Gasteiger partial charge in [-0.3, -0.25) is 9.55 Å². The maximum Gasteiger partial charge on any atom is 0.338 e. The van der Waals surface area contributed by atoms with E-state index in [9.17, 15) is 4.57 Å². The molecule has 1 aromatic carbocycles. The highest BCUT2D eigenvalue weighted by molar-refractivity contribution is 7.60. The summed E-state index contributed by atoms with van der Waals surface area (Å²) in [4.78, 5) is 3.97. The lowest BCUT2D eigenvalue weighted by atomic mass is 10.0. The molecular weight excluding hydrogens is 271 g/mol. The second kappa shape index (κ2) is 6.10. The van der Waals surface area contributed by atoms with Crippen LogP contribution in [0.15, 0.2) is 48.8 Å². The summed E-state index contributed by atoms with van der Waals surface area (Å²) in [5.74, 6) is 1.06. The maximum atomic E-state index is 12.4. The van der Waals surface area contributed by atoms with Gasteiger partial charge in [0.2, 0.25) is 0 Å². The van der Waals surface area contributed by atoms with Gasteiger partial charge in [-0.2, -0.15) is 0 Å². The van der Waals surface area contributed by atoms with E-state index in [1.807, 2.05) is 24.3 Å². The van der Waals surface area contributed by atoms with E-state index >= 15 is 0 Å². The number of aromatic nitrogens is 1. The van der Waals surface area contributed by atoms with Crippen molar-refractivity contribution in [3.05, 3.63) is 54.4 Å². The Kier molecular flexibility index (Phi) is 4.46. The van der Waals surface area contributed by atoms with Crippen LogP contribution in [0.3, 0.4) is 0 Å². The van der Waals surface area contributed by atoms with Gasteiger partial charge in [-0.1, -0.05) is 26.0 Å². The lowest BCUT2D eigenvalue weighted by Gasteiger charge is -2.17. The molecular formula is C15H19N2O2P. The van der Waals surface area contributed by atoms with Crippen LogP contribution in [0.4, 0.5) is 5.69 Å². The van der Waals surface area contributed by atoms with Gasteiger partial charge in [-0.25, -0.2) is 0 Å². The molecule has 0 saturated carbocycles. The molecule has 0 saturated heterocycles. The molecule has 0 radical (unpaired) electrons. The van der Waals surface area contributed by atoms with E-state index in [0.29, 0.717) is 17.4 Å². The fourth-order valence-electron chi connectivity index (χ4n) is 1.80. The summed E-state index contributed by atoms with van der Waals surface area (Å²) in [7, 11) is -2.97. The van der Waals surface area contributed by atoms with Gasteiger partial charge in [0.05, 0.1) is 11.9 Å². The minimum atomic E-state index is -2.97. The van der Waals surface area contributed by atoms with Crippen molar-refractivity contribution in [2.24, 2.45) is 0 Å². The van der Waals surface area contributed by atoms with E-state index in [4.69, 9.17) is 4.52 Å². The van der Waals surface area contributed by atoms with Crippen molar-refractivity contribution < 1.29 is 9.09 Å². The number of benzene rings is 1. The second-order valence-electron chi connectivity index (χ2n) is 5.01. The average molecular weight is 290 g/mol. The first-order chi connectivity index (χ1) is 9.46. The van der Waals surface area contributed by atoms with E-state index in [2.05, 4.69) is 23.9 Å². The third kappa shape index (κ3) is 4.10. The monoisotopic (exact) mass is 290 g/mol. The van der Waals surface area contributed by atoms with E-state index in [0.717, 1.165) is 0 Å². The highest BCUT2D eigenvalue weighted by Crippen LogP contribution is 2.43. The molecule has 0 aliphatic carbocycles. The topological polar surface area (TPSA) is 51.2 Å². The Morgan fingerprint density at radius 3 is 2.45 bits per heavy atom. The zero-order chi connectivity index (χ0) is 14.6. The largest absolute Gasteiger partial charge is 0.429 e. The van der Waals surface area contributed by atoms with Gasteiger partial charge >= 0.3 is 7.52 Å². The van der Waals surface area contributed by atoms with Crippen molar-refractivity contribution in [2.75, 3.05) is 11.8 Å². The van der Waals surface area contributed by atoms with Crippen LogP contribution in [-0.2, 0) is 4.57 Å². The number of hydrogen-bond donors (Lipinski definition) is 1. The molecule has 0 amide bonds. The van der Waals surface area contributed by atoms with Gasteiger partial charge in [0.15, 0.2) is 0 Å². The molecule has 1 aromatic heterocycles. The van der Waals surface area contributed by atoms with Crippen molar-refractivity contribution >= 4 is 13.2 Å². The number of hydrogen-bond acceptors (Lipinski definition) is 3. The fourth-order valence-corrected chi connectivity index (χ4v) is 2.97. The van der Waals surface area contributed by atoms with Gasteiger partial charge in [0, 0.05) is 12.9 Å². The Bertz CT molecular complexity index is 597. The van der Waals surface area contributed by atoms with E-state index in [1.54, 1.807) is 31.2 Å². The molecule has 0 aliphatic rings. The standard InChI is InChI=1S/C15H19N2O2P/c1-12(2)13-6-8-15(9-7-13)19-20(3,18)17-14-5-4-10-16-11-14/h4-12H,1-3H3,(H,17,18). The summed E-state index contributed by atoms with van der Waals surface area (Å²) in [5, 5.41) is 2.87. The molecule has 0 bridgehead atoms. The van der Waals surface area contributed by atoms with Crippen LogP contribution in [-0.4, -0.2) is 11.6 Å². The second-order valence-corrected chi connectivity index (χ2v) is 7.11. The van der Waals surface area contributed by atoms with Gasteiger partial charge in [-0.05, 0) is 35.7 Å². The van der Waals surface area contributed by atoms with Crippen molar-refractivity contribution in [3.63, 3.8) is 0 Å². The molecule has 1 atom stereocenters. The maximum absolute atomic E-state index is 12.4. The van der Waals surface area contributed by atoms with Crippen molar-refractivity contribution in [3.8, 4) is 5.75 Å². The molecule has 5 heteroatoms. The zero-order valence-corrected chi connectivity index (χ0v) is 12.8. The summed E-state index contributed by atoms with van der Waals surface area (Å²) in [5.41, 5.74) is 1.90. The molecule has 1 heterocycles. The van der Waals surface area contributed by atoms with Crippen molar-refractivity contribution in [2.45, 2.75) is 19.8 Å². The summed E-state index contributed by atoms with van der Waals surface area (Å²) >= 11 is 0. The van der Waals surface area contributed by atoms with Crippen LogP contribution in [0.25, 0.3) is 0 Å². The Labute approximate surface area is 119 Å². The Balaban J connectivity index is 2.06. The molecule has 0 spiro atoms. The van der Waals surface area contributed by atoms with Crippen LogP contribution >= 0.6 is 7.52 Å². The SMILES string of the molecule is CC(C)c1ccc(OP(C)(=O)Nc2cccnc2)cc1. The Morgan fingerprint density at radius 1 is 1.20 bits per heavy atom.